The van der Waals surface area contributed by atoms with Crippen LogP contribution in [0.4, 0.5) is 0 Å². The van der Waals surface area contributed by atoms with E-state index in [4.69, 9.17) is 0 Å². The molecule has 14 valence electrons. The van der Waals surface area contributed by atoms with Crippen molar-refractivity contribution in [2.75, 3.05) is 0 Å². The third-order valence-electron chi connectivity index (χ3n) is 0.144. The van der Waals surface area contributed by atoms with Crippen LogP contribution in [0.15, 0.2) is 0 Å². The molecule has 0 fully saturated rings. The van der Waals surface area contributed by atoms with Gasteiger partial charge in [-0.25, -0.2) is 6.42 Å². The standard InChI is InChI=1S/C3H.Na/c1-2-3-1;/h1H;/q-1;+1. The summed E-state index contributed by atoms with van der Waals surface area (Å²) in [5, 5.41) is 0. The smallest absolute Gasteiger partial charge is 0.375 e. The second kappa shape index (κ2) is 1.72. The third-order valence-corrected chi connectivity index (χ3v) is 0.144. The summed E-state index contributed by atoms with van der Waals surface area (Å²) in [6.07, 6.45) is 1.75. The minimum atomic E-state index is 0. The number of hydrogen-bond acceptors (Lipinski definition) is 0. The SMILES string of the molecule is C1#C[CH-]1.[Na+]. The molecule has 0 aromatic carbocycles. The fraction of sp³-hybridized carbons (Fsp3) is 0. The molecule has 1 heteroatoms. The van der Waals surface area contributed by atoms with Crippen LogP contribution in [-0.2, 0) is 0 Å². The number of rotatable bonds is 0. The normalized spacial score (nSPS) is 8.00. The van der Waals surface area contributed by atoms with Gasteiger partial charge in [-0.1, -0.05) is 0 Å². The van der Waals surface area contributed by atoms with Crippen LogP contribution in [-0.4, -0.2) is 0 Å². The number of hydrogen-bond donors (Lipinski definition) is 0. The Balaban J connectivity index is 0.0000000900. The van der Waals surface area contributed by atoms with Crippen molar-refractivity contribution >= 4 is 0 Å². The van der Waals surface area contributed by atoms with Crippen LogP contribution in [0.1, 0.15) is 0 Å². The van der Waals surface area contributed by atoms with Crippen molar-refractivity contribution in [3.63, 3.8) is 0 Å². The fourth-order valence-corrected chi connectivity index (χ4v) is 0. The Hall–Kier alpha value is 0.430. The molecule has 0 aromatic rings. The predicted molar refractivity (Wildman–Crippen MR) is 12.1 cm³/mol. The van der Waals surface area contributed by atoms with Crippen molar-refractivity contribution in [3.8, 4) is 11.8 Å². The van der Waals surface area contributed by atoms with Gasteiger partial charge in [0.25, 0.3) is 0 Å². The van der Waals surface area contributed by atoms with E-state index in [-0.39, 0.29) is 29.6 Å². The maximum Gasteiger partial charge on any atom is 1.00 e. The molecular weight excluding hydrogens is 59.0 g/mol. The summed E-state index contributed by atoms with van der Waals surface area (Å²) >= 11 is 0. The molecule has 1 aliphatic carbocycles. The molecule has 0 N–H and O–H groups in total. The van der Waals surface area contributed by atoms with Crippen LogP contribution >= 0.6 is 0 Å². The summed E-state index contributed by atoms with van der Waals surface area (Å²) in [6, 6.07) is 0. The van der Waals surface area contributed by atoms with E-state index >= 15 is 0 Å². The summed E-state index contributed by atoms with van der Waals surface area (Å²) in [6.45, 7) is 0. The summed E-state index contributed by atoms with van der Waals surface area (Å²) in [5.41, 5.74) is 0. The Labute approximate surface area is 47.9 Å². The Morgan fingerprint density at radius 2 is 1.50 bits per heavy atom. The molecule has 0 aliphatic heterocycles. The van der Waals surface area contributed by atoms with Gasteiger partial charge < -0.3 is 11.8 Å². The van der Waals surface area contributed by atoms with E-state index < -0.39 is 0 Å². The summed E-state index contributed by atoms with van der Waals surface area (Å²) in [7, 11) is 0. The van der Waals surface area contributed by atoms with Gasteiger partial charge in [0.1, 0.15) is 0 Å². The maximum absolute atomic E-state index is 2.62. The Bertz CT molecular complexity index is 49.4. The molecule has 0 saturated carbocycles. The molecule has 0 saturated heterocycles. The van der Waals surface area contributed by atoms with Crippen molar-refractivity contribution in [2.24, 2.45) is 0 Å². The average Bonchev–Trinajstić information content (AvgIpc) is 1.46. The molecule has 0 unspecified atom stereocenters. The summed E-state index contributed by atoms with van der Waals surface area (Å²) in [5.74, 6) is 5.25. The van der Waals surface area contributed by atoms with E-state index in [2.05, 4.69) is 11.8 Å². The Morgan fingerprint density at radius 3 is 1.50 bits per heavy atom. The van der Waals surface area contributed by atoms with E-state index in [1.165, 1.54) is 0 Å². The Kier molecular flexibility index (Phi) is 1.91. The van der Waals surface area contributed by atoms with Crippen molar-refractivity contribution in [1.82, 2.24) is 0 Å². The first kappa shape index (κ1) is 4.43. The molecule has 0 bridgehead atoms. The molecule has 1 aliphatic rings. The molecule has 0 atom stereocenters. The van der Waals surface area contributed by atoms with Crippen LogP contribution in [0.5, 0.6) is 0 Å². The van der Waals surface area contributed by atoms with Crippen LogP contribution in [0.2, 0.25) is 0 Å². The van der Waals surface area contributed by atoms with Crippen molar-refractivity contribution in [1.29, 1.82) is 0 Å². The van der Waals surface area contributed by atoms with Gasteiger partial charge in [-0.3, -0.25) is 0 Å². The molecule has 0 nitrogen and oxygen atoms in total. The minimum absolute atomic E-state index is 0. The predicted octanol–water partition coefficient (Wildman–Crippen LogP) is -2.79. The molecular formula is C3HNa. The van der Waals surface area contributed by atoms with E-state index in [0.717, 1.165) is 0 Å². The van der Waals surface area contributed by atoms with Crippen LogP contribution in [0, 0.1) is 18.3 Å². The molecule has 0 heterocycles. The van der Waals surface area contributed by atoms with Gasteiger partial charge >= 0.3 is 29.6 Å². The van der Waals surface area contributed by atoms with E-state index in [1.807, 2.05) is 0 Å². The third kappa shape index (κ3) is 2.43. The zero-order valence-electron chi connectivity index (χ0n) is 2.58. The Morgan fingerprint density at radius 1 is 1.25 bits per heavy atom. The molecule has 0 radical (unpaired) electrons. The zero-order chi connectivity index (χ0) is 2.12. The molecule has 0 aromatic heterocycles. The van der Waals surface area contributed by atoms with Crippen LogP contribution in [0.3, 0.4) is 0 Å². The summed E-state index contributed by atoms with van der Waals surface area (Å²) in [4.78, 5) is 0. The van der Waals surface area contributed by atoms with Crippen molar-refractivity contribution in [3.05, 3.63) is 6.42 Å². The van der Waals surface area contributed by atoms with Crippen LogP contribution in [0.25, 0.3) is 0 Å². The van der Waals surface area contributed by atoms with E-state index in [9.17, 15) is 0 Å². The van der Waals surface area contributed by atoms with E-state index in [0.29, 0.717) is 0 Å². The van der Waals surface area contributed by atoms with Crippen molar-refractivity contribution < 1.29 is 29.6 Å². The van der Waals surface area contributed by atoms with Crippen molar-refractivity contribution in [2.45, 2.75) is 0 Å². The zero-order valence-corrected chi connectivity index (χ0v) is 4.58. The average molecular weight is 60.0 g/mol. The molecule has 1 rings (SSSR count). The fourth-order valence-electron chi connectivity index (χ4n) is 0. The van der Waals surface area contributed by atoms with Gasteiger partial charge in [0.15, 0.2) is 0 Å². The monoisotopic (exact) mass is 60.0 g/mol. The van der Waals surface area contributed by atoms with Gasteiger partial charge in [0, 0.05) is 0 Å². The van der Waals surface area contributed by atoms with Gasteiger partial charge in [0.05, 0.1) is 0 Å². The topological polar surface area (TPSA) is 0 Å². The van der Waals surface area contributed by atoms with Gasteiger partial charge in [-0.2, -0.15) is 0 Å². The maximum atomic E-state index is 2.62. The first-order chi connectivity index (χ1) is 1.50. The quantitative estimate of drug-likeness (QED) is 0.161. The second-order valence-corrected chi connectivity index (χ2v) is 0.433. The molecule has 4 heavy (non-hydrogen) atoms. The van der Waals surface area contributed by atoms with Gasteiger partial charge in [-0.15, -0.1) is 0 Å². The van der Waals surface area contributed by atoms with E-state index in [1.54, 1.807) is 6.42 Å². The largest absolute Gasteiger partial charge is 1.00 e. The summed E-state index contributed by atoms with van der Waals surface area (Å²) < 4.78 is 0. The molecule has 0 spiro atoms. The first-order valence-electron chi connectivity index (χ1n) is 0.827. The second-order valence-electron chi connectivity index (χ2n) is 0.433. The minimum Gasteiger partial charge on any atom is -0.375 e. The molecule has 0 amide bonds. The van der Waals surface area contributed by atoms with Crippen LogP contribution < -0.4 is 29.6 Å². The first-order valence-corrected chi connectivity index (χ1v) is 0.827. The van der Waals surface area contributed by atoms with Gasteiger partial charge in [0.2, 0.25) is 0 Å². The van der Waals surface area contributed by atoms with Gasteiger partial charge in [-0.05, 0) is 0 Å².